The lowest BCUT2D eigenvalue weighted by atomic mass is 10.1. The van der Waals surface area contributed by atoms with Crippen LogP contribution in [0.2, 0.25) is 0 Å². The highest BCUT2D eigenvalue weighted by Gasteiger charge is 2.24. The van der Waals surface area contributed by atoms with E-state index in [4.69, 9.17) is 5.73 Å². The number of para-hydroxylation sites is 1. The molecule has 0 aliphatic carbocycles. The van der Waals surface area contributed by atoms with Gasteiger partial charge in [0.05, 0.1) is 5.69 Å². The summed E-state index contributed by atoms with van der Waals surface area (Å²) in [5, 5.41) is 0. The molecule has 4 nitrogen and oxygen atoms in total. The molecule has 1 atom stereocenters. The van der Waals surface area contributed by atoms with Crippen molar-refractivity contribution in [2.75, 3.05) is 49.1 Å². The Kier molecular flexibility index (Phi) is 7.26. The molecule has 0 spiro atoms. The van der Waals surface area contributed by atoms with Crippen LogP contribution in [0.3, 0.4) is 0 Å². The molecule has 0 bridgehead atoms. The Morgan fingerprint density at radius 3 is 2.74 bits per heavy atom. The van der Waals surface area contributed by atoms with Crippen molar-refractivity contribution in [2.24, 2.45) is 16.6 Å². The van der Waals surface area contributed by atoms with E-state index in [1.807, 2.05) is 23.9 Å². The van der Waals surface area contributed by atoms with Crippen LogP contribution >= 0.6 is 35.7 Å². The van der Waals surface area contributed by atoms with Crippen LogP contribution in [0.15, 0.2) is 29.3 Å². The van der Waals surface area contributed by atoms with Gasteiger partial charge in [0.25, 0.3) is 0 Å². The highest BCUT2D eigenvalue weighted by Crippen LogP contribution is 2.26. The fraction of sp³-hybridized carbons (Fsp3) is 0.562. The normalized spacial score (nSPS) is 22.1. The van der Waals surface area contributed by atoms with Crippen LogP contribution in [0.4, 0.5) is 10.1 Å². The lowest BCUT2D eigenvalue weighted by Gasteiger charge is -2.27. The van der Waals surface area contributed by atoms with Crippen LogP contribution in [-0.2, 0) is 0 Å². The van der Waals surface area contributed by atoms with Crippen LogP contribution in [-0.4, -0.2) is 55.1 Å². The first-order valence-electron chi connectivity index (χ1n) is 7.86. The van der Waals surface area contributed by atoms with Gasteiger partial charge in [-0.2, -0.15) is 11.8 Å². The monoisotopic (exact) mass is 450 g/mol. The summed E-state index contributed by atoms with van der Waals surface area (Å²) in [6.07, 6.45) is 1.04. The molecule has 0 radical (unpaired) electrons. The van der Waals surface area contributed by atoms with E-state index in [1.165, 1.54) is 6.07 Å². The highest BCUT2D eigenvalue weighted by atomic mass is 127. The Hall–Kier alpha value is -0.700. The molecule has 23 heavy (non-hydrogen) atoms. The first-order chi connectivity index (χ1) is 10.7. The molecule has 0 saturated carbocycles. The predicted octanol–water partition coefficient (Wildman–Crippen LogP) is 2.63. The summed E-state index contributed by atoms with van der Waals surface area (Å²) >= 11 is 1.96. The summed E-state index contributed by atoms with van der Waals surface area (Å²) in [7, 11) is 0. The molecular formula is C16H24FIN4S. The number of hydrogen-bond acceptors (Lipinski definition) is 3. The van der Waals surface area contributed by atoms with Gasteiger partial charge in [-0.15, -0.1) is 24.0 Å². The molecule has 0 aromatic heterocycles. The molecule has 7 heteroatoms. The minimum atomic E-state index is -0.142. The molecule has 0 amide bonds. The van der Waals surface area contributed by atoms with Gasteiger partial charge in [0, 0.05) is 44.2 Å². The van der Waals surface area contributed by atoms with Crippen molar-refractivity contribution in [3.8, 4) is 0 Å². The minimum Gasteiger partial charge on any atom is -0.370 e. The number of benzene rings is 1. The van der Waals surface area contributed by atoms with Gasteiger partial charge in [0.1, 0.15) is 5.82 Å². The van der Waals surface area contributed by atoms with Crippen molar-refractivity contribution in [3.05, 3.63) is 30.1 Å². The fourth-order valence-electron chi connectivity index (χ4n) is 3.02. The minimum absolute atomic E-state index is 0. The van der Waals surface area contributed by atoms with Gasteiger partial charge in [-0.05, 0) is 24.5 Å². The van der Waals surface area contributed by atoms with E-state index in [9.17, 15) is 4.39 Å². The van der Waals surface area contributed by atoms with E-state index in [0.29, 0.717) is 17.6 Å². The first kappa shape index (κ1) is 18.6. The number of hydrogen-bond donors (Lipinski definition) is 1. The third-order valence-corrected chi connectivity index (χ3v) is 5.27. The largest absolute Gasteiger partial charge is 0.370 e. The van der Waals surface area contributed by atoms with E-state index in [2.05, 4.69) is 14.8 Å². The third-order valence-electron chi connectivity index (χ3n) is 4.33. The molecule has 2 aliphatic heterocycles. The van der Waals surface area contributed by atoms with Crippen molar-refractivity contribution in [1.29, 1.82) is 0 Å². The van der Waals surface area contributed by atoms with Gasteiger partial charge in [-0.3, -0.25) is 4.99 Å². The third kappa shape index (κ3) is 4.89. The zero-order chi connectivity index (χ0) is 15.4. The molecule has 128 valence electrons. The van der Waals surface area contributed by atoms with Crippen molar-refractivity contribution < 1.29 is 4.39 Å². The number of rotatable bonds is 3. The van der Waals surface area contributed by atoms with Crippen molar-refractivity contribution in [1.82, 2.24) is 4.90 Å². The molecule has 3 rings (SSSR count). The highest BCUT2D eigenvalue weighted by molar-refractivity contribution is 14.0. The number of guanidine groups is 1. The zero-order valence-corrected chi connectivity index (χ0v) is 16.3. The Bertz CT molecular complexity index is 537. The summed E-state index contributed by atoms with van der Waals surface area (Å²) < 4.78 is 13.8. The van der Waals surface area contributed by atoms with Crippen LogP contribution in [0.25, 0.3) is 0 Å². The Morgan fingerprint density at radius 1 is 1.26 bits per heavy atom. The predicted molar refractivity (Wildman–Crippen MR) is 108 cm³/mol. The molecule has 1 aromatic rings. The Balaban J connectivity index is 0.00000192. The van der Waals surface area contributed by atoms with Crippen LogP contribution < -0.4 is 10.6 Å². The van der Waals surface area contributed by atoms with Gasteiger partial charge in [0.2, 0.25) is 0 Å². The number of nitrogens with zero attached hydrogens (tertiary/aromatic N) is 3. The lowest BCUT2D eigenvalue weighted by molar-refractivity contribution is 0.452. The van der Waals surface area contributed by atoms with E-state index < -0.39 is 0 Å². The molecule has 1 unspecified atom stereocenters. The quantitative estimate of drug-likeness (QED) is 0.437. The van der Waals surface area contributed by atoms with Gasteiger partial charge in [0.15, 0.2) is 5.96 Å². The topological polar surface area (TPSA) is 44.9 Å². The average Bonchev–Trinajstić information content (AvgIpc) is 3.02. The van der Waals surface area contributed by atoms with E-state index >= 15 is 0 Å². The number of anilines is 1. The van der Waals surface area contributed by atoms with Gasteiger partial charge >= 0.3 is 0 Å². The number of nitrogens with two attached hydrogens (primary N) is 1. The van der Waals surface area contributed by atoms with Gasteiger partial charge in [-0.1, -0.05) is 12.1 Å². The molecule has 2 fully saturated rings. The second-order valence-electron chi connectivity index (χ2n) is 5.85. The SMILES string of the molecule is I.NC(=NCC1CCN(c2ccccc2F)C1)N1CCSCC1. The zero-order valence-electron chi connectivity index (χ0n) is 13.2. The summed E-state index contributed by atoms with van der Waals surface area (Å²) in [6, 6.07) is 6.98. The van der Waals surface area contributed by atoms with E-state index in [0.717, 1.165) is 50.7 Å². The molecule has 2 saturated heterocycles. The Labute approximate surface area is 158 Å². The number of thioether (sulfide) groups is 1. The summed E-state index contributed by atoms with van der Waals surface area (Å²) in [4.78, 5) is 8.85. The molecule has 2 aliphatic rings. The van der Waals surface area contributed by atoms with Crippen molar-refractivity contribution >= 4 is 47.4 Å². The van der Waals surface area contributed by atoms with Gasteiger partial charge in [-0.25, -0.2) is 4.39 Å². The van der Waals surface area contributed by atoms with E-state index in [-0.39, 0.29) is 29.8 Å². The smallest absolute Gasteiger partial charge is 0.191 e. The molecule has 2 N–H and O–H groups in total. The Morgan fingerprint density at radius 2 is 2.00 bits per heavy atom. The average molecular weight is 450 g/mol. The van der Waals surface area contributed by atoms with Crippen LogP contribution in [0.5, 0.6) is 0 Å². The lowest BCUT2D eigenvalue weighted by Crippen LogP contribution is -2.43. The summed E-state index contributed by atoms with van der Waals surface area (Å²) in [5.74, 6) is 3.24. The maximum atomic E-state index is 13.8. The second kappa shape index (κ2) is 8.96. The summed E-state index contributed by atoms with van der Waals surface area (Å²) in [5.41, 5.74) is 6.79. The molecule has 2 heterocycles. The van der Waals surface area contributed by atoms with Crippen LogP contribution in [0, 0.1) is 11.7 Å². The van der Waals surface area contributed by atoms with Crippen LogP contribution in [0.1, 0.15) is 6.42 Å². The standard InChI is InChI=1S/C16H23FN4S.HI/c17-14-3-1-2-4-15(14)21-6-5-13(12-21)11-19-16(18)20-7-9-22-10-8-20;/h1-4,13H,5-12H2,(H2,18,19);1H. The maximum Gasteiger partial charge on any atom is 0.191 e. The van der Waals surface area contributed by atoms with Crippen molar-refractivity contribution in [3.63, 3.8) is 0 Å². The number of aliphatic imine (C=N–C) groups is 1. The maximum absolute atomic E-state index is 13.8. The fourth-order valence-corrected chi connectivity index (χ4v) is 3.93. The summed E-state index contributed by atoms with van der Waals surface area (Å²) in [6.45, 7) is 4.47. The molecular weight excluding hydrogens is 426 g/mol. The van der Waals surface area contributed by atoms with Crippen molar-refractivity contribution in [2.45, 2.75) is 6.42 Å². The molecule has 1 aromatic carbocycles. The van der Waals surface area contributed by atoms with Gasteiger partial charge < -0.3 is 15.5 Å². The first-order valence-corrected chi connectivity index (χ1v) is 9.01. The van der Waals surface area contributed by atoms with E-state index in [1.54, 1.807) is 6.07 Å². The number of halogens is 2. The second-order valence-corrected chi connectivity index (χ2v) is 7.08.